The fourth-order valence-corrected chi connectivity index (χ4v) is 1.76. The fraction of sp³-hybridized carbons (Fsp3) is 0.462. The lowest BCUT2D eigenvalue weighted by atomic mass is 10.1. The SMILES string of the molecule is Cc1cc(C)cc(NC(N)=NCC2CC2)c1. The van der Waals surface area contributed by atoms with Crippen LogP contribution in [0.2, 0.25) is 0 Å². The van der Waals surface area contributed by atoms with E-state index < -0.39 is 0 Å². The Balaban J connectivity index is 1.98. The van der Waals surface area contributed by atoms with Crippen LogP contribution in [0.3, 0.4) is 0 Å². The quantitative estimate of drug-likeness (QED) is 0.603. The predicted octanol–water partition coefficient (Wildman–Crippen LogP) is 2.44. The van der Waals surface area contributed by atoms with Crippen LogP contribution in [0.1, 0.15) is 24.0 Å². The normalized spacial score (nSPS) is 16.2. The Kier molecular flexibility index (Phi) is 3.13. The van der Waals surface area contributed by atoms with Crippen LogP contribution in [-0.2, 0) is 0 Å². The third kappa shape index (κ3) is 3.26. The number of benzene rings is 1. The molecule has 3 N–H and O–H groups in total. The van der Waals surface area contributed by atoms with E-state index in [0.717, 1.165) is 18.2 Å². The first kappa shape index (κ1) is 11.0. The van der Waals surface area contributed by atoms with Gasteiger partial charge >= 0.3 is 0 Å². The van der Waals surface area contributed by atoms with Gasteiger partial charge in [-0.15, -0.1) is 0 Å². The Morgan fingerprint density at radius 1 is 1.31 bits per heavy atom. The van der Waals surface area contributed by atoms with Gasteiger partial charge in [0, 0.05) is 12.2 Å². The molecule has 0 radical (unpaired) electrons. The van der Waals surface area contributed by atoms with Crippen molar-refractivity contribution in [3.63, 3.8) is 0 Å². The minimum atomic E-state index is 0.525. The van der Waals surface area contributed by atoms with E-state index in [1.54, 1.807) is 0 Å². The van der Waals surface area contributed by atoms with Gasteiger partial charge in [-0.2, -0.15) is 0 Å². The van der Waals surface area contributed by atoms with Gasteiger partial charge in [0.05, 0.1) is 0 Å². The molecule has 86 valence electrons. The lowest BCUT2D eigenvalue weighted by Crippen LogP contribution is -2.23. The van der Waals surface area contributed by atoms with Crippen molar-refractivity contribution < 1.29 is 0 Å². The molecule has 0 unspecified atom stereocenters. The molecule has 0 saturated heterocycles. The first-order chi connectivity index (χ1) is 7.63. The molecule has 2 rings (SSSR count). The van der Waals surface area contributed by atoms with Crippen molar-refractivity contribution >= 4 is 11.6 Å². The number of nitrogens with two attached hydrogens (primary N) is 1. The third-order valence-electron chi connectivity index (χ3n) is 2.71. The summed E-state index contributed by atoms with van der Waals surface area (Å²) in [7, 11) is 0. The molecule has 0 spiro atoms. The maximum Gasteiger partial charge on any atom is 0.193 e. The number of guanidine groups is 1. The first-order valence-electron chi connectivity index (χ1n) is 5.79. The Hall–Kier alpha value is -1.51. The van der Waals surface area contributed by atoms with Gasteiger partial charge in [-0.25, -0.2) is 0 Å². The fourth-order valence-electron chi connectivity index (χ4n) is 1.76. The van der Waals surface area contributed by atoms with Gasteiger partial charge < -0.3 is 11.1 Å². The topological polar surface area (TPSA) is 50.4 Å². The van der Waals surface area contributed by atoms with Gasteiger partial charge in [0.15, 0.2) is 5.96 Å². The smallest absolute Gasteiger partial charge is 0.193 e. The highest BCUT2D eigenvalue weighted by Crippen LogP contribution is 2.28. The molecule has 0 bridgehead atoms. The van der Waals surface area contributed by atoms with Crippen LogP contribution in [0, 0.1) is 19.8 Å². The zero-order chi connectivity index (χ0) is 11.5. The average molecular weight is 217 g/mol. The number of nitrogens with zero attached hydrogens (tertiary/aromatic N) is 1. The molecular formula is C13H19N3. The molecule has 0 heterocycles. The van der Waals surface area contributed by atoms with Crippen LogP contribution in [0.4, 0.5) is 5.69 Å². The molecule has 1 aliphatic rings. The maximum atomic E-state index is 5.82. The van der Waals surface area contributed by atoms with E-state index >= 15 is 0 Å². The number of rotatable bonds is 3. The second-order valence-corrected chi connectivity index (χ2v) is 4.67. The molecule has 0 aromatic heterocycles. The molecule has 0 atom stereocenters. The second-order valence-electron chi connectivity index (χ2n) is 4.67. The lowest BCUT2D eigenvalue weighted by Gasteiger charge is -2.07. The highest BCUT2D eigenvalue weighted by Gasteiger charge is 2.20. The van der Waals surface area contributed by atoms with Crippen molar-refractivity contribution in [1.29, 1.82) is 0 Å². The van der Waals surface area contributed by atoms with Crippen molar-refractivity contribution in [1.82, 2.24) is 0 Å². The van der Waals surface area contributed by atoms with E-state index in [1.165, 1.54) is 24.0 Å². The Bertz CT molecular complexity index is 385. The molecule has 0 aliphatic heterocycles. The van der Waals surface area contributed by atoms with E-state index in [2.05, 4.69) is 42.4 Å². The Morgan fingerprint density at radius 2 is 1.94 bits per heavy atom. The summed E-state index contributed by atoms with van der Waals surface area (Å²) >= 11 is 0. The van der Waals surface area contributed by atoms with Gasteiger partial charge in [-0.1, -0.05) is 6.07 Å². The number of anilines is 1. The predicted molar refractivity (Wildman–Crippen MR) is 68.8 cm³/mol. The molecule has 3 heteroatoms. The van der Waals surface area contributed by atoms with E-state index in [1.807, 2.05) is 0 Å². The molecule has 1 aromatic rings. The van der Waals surface area contributed by atoms with Crippen LogP contribution in [-0.4, -0.2) is 12.5 Å². The van der Waals surface area contributed by atoms with E-state index in [9.17, 15) is 0 Å². The van der Waals surface area contributed by atoms with Gasteiger partial charge in [-0.3, -0.25) is 4.99 Å². The number of hydrogen-bond donors (Lipinski definition) is 2. The van der Waals surface area contributed by atoms with Crippen molar-refractivity contribution in [3.05, 3.63) is 29.3 Å². The molecule has 1 fully saturated rings. The minimum Gasteiger partial charge on any atom is -0.370 e. The largest absolute Gasteiger partial charge is 0.370 e. The monoisotopic (exact) mass is 217 g/mol. The van der Waals surface area contributed by atoms with Crippen LogP contribution < -0.4 is 11.1 Å². The standard InChI is InChI=1S/C13H19N3/c1-9-5-10(2)7-12(6-9)16-13(14)15-8-11-3-4-11/h5-7,11H,3-4,8H2,1-2H3,(H3,14,15,16). The summed E-state index contributed by atoms with van der Waals surface area (Å²) in [6.07, 6.45) is 2.61. The van der Waals surface area contributed by atoms with Crippen molar-refractivity contribution in [2.75, 3.05) is 11.9 Å². The minimum absolute atomic E-state index is 0.525. The number of nitrogens with one attached hydrogen (secondary N) is 1. The molecule has 1 saturated carbocycles. The van der Waals surface area contributed by atoms with Crippen molar-refractivity contribution in [2.45, 2.75) is 26.7 Å². The van der Waals surface area contributed by atoms with Crippen LogP contribution in [0.25, 0.3) is 0 Å². The van der Waals surface area contributed by atoms with Crippen LogP contribution >= 0.6 is 0 Å². The summed E-state index contributed by atoms with van der Waals surface area (Å²) in [6.45, 7) is 5.02. The second kappa shape index (κ2) is 4.56. The molecular weight excluding hydrogens is 198 g/mol. The average Bonchev–Trinajstić information content (AvgIpc) is 2.96. The summed E-state index contributed by atoms with van der Waals surface area (Å²) in [5.74, 6) is 1.30. The molecule has 1 aliphatic carbocycles. The lowest BCUT2D eigenvalue weighted by molar-refractivity contribution is 0.846. The van der Waals surface area contributed by atoms with Gasteiger partial charge in [-0.05, 0) is 55.9 Å². The molecule has 0 amide bonds. The van der Waals surface area contributed by atoms with Gasteiger partial charge in [0.25, 0.3) is 0 Å². The Labute approximate surface area is 96.8 Å². The van der Waals surface area contributed by atoms with Gasteiger partial charge in [0.1, 0.15) is 0 Å². The molecule has 16 heavy (non-hydrogen) atoms. The van der Waals surface area contributed by atoms with E-state index in [4.69, 9.17) is 5.73 Å². The van der Waals surface area contributed by atoms with Crippen LogP contribution in [0.15, 0.2) is 23.2 Å². The number of aryl methyl sites for hydroxylation is 2. The maximum absolute atomic E-state index is 5.82. The van der Waals surface area contributed by atoms with Crippen molar-refractivity contribution in [3.8, 4) is 0 Å². The zero-order valence-electron chi connectivity index (χ0n) is 9.96. The van der Waals surface area contributed by atoms with Gasteiger partial charge in [0.2, 0.25) is 0 Å². The summed E-state index contributed by atoms with van der Waals surface area (Å²) in [4.78, 5) is 4.32. The van der Waals surface area contributed by atoms with Crippen molar-refractivity contribution in [2.24, 2.45) is 16.6 Å². The Morgan fingerprint density at radius 3 is 2.50 bits per heavy atom. The van der Waals surface area contributed by atoms with E-state index in [0.29, 0.717) is 5.96 Å². The summed E-state index contributed by atoms with van der Waals surface area (Å²) in [5, 5.41) is 3.13. The van der Waals surface area contributed by atoms with Crippen LogP contribution in [0.5, 0.6) is 0 Å². The summed E-state index contributed by atoms with van der Waals surface area (Å²) < 4.78 is 0. The molecule has 1 aromatic carbocycles. The highest BCUT2D eigenvalue weighted by atomic mass is 15.1. The summed E-state index contributed by atoms with van der Waals surface area (Å²) in [6, 6.07) is 6.29. The zero-order valence-corrected chi connectivity index (χ0v) is 9.96. The van der Waals surface area contributed by atoms with E-state index in [-0.39, 0.29) is 0 Å². The number of aliphatic imine (C=N–C) groups is 1. The third-order valence-corrected chi connectivity index (χ3v) is 2.71. The molecule has 3 nitrogen and oxygen atoms in total. The highest BCUT2D eigenvalue weighted by molar-refractivity contribution is 5.92. The first-order valence-corrected chi connectivity index (χ1v) is 5.79. The summed E-state index contributed by atoms with van der Waals surface area (Å²) in [5.41, 5.74) is 9.31. The number of hydrogen-bond acceptors (Lipinski definition) is 1.